The Kier molecular flexibility index (Phi) is 4.01. The van der Waals surface area contributed by atoms with Crippen molar-refractivity contribution < 1.29 is 9.53 Å². The molecule has 0 aliphatic heterocycles. The van der Waals surface area contributed by atoms with Crippen LogP contribution in [0.25, 0.3) is 5.69 Å². The second-order valence-corrected chi connectivity index (χ2v) is 4.96. The zero-order chi connectivity index (χ0) is 16.2. The summed E-state index contributed by atoms with van der Waals surface area (Å²) in [6.07, 6.45) is 1.49. The van der Waals surface area contributed by atoms with Crippen molar-refractivity contribution in [3.63, 3.8) is 0 Å². The highest BCUT2D eigenvalue weighted by Gasteiger charge is 2.10. The number of rotatable bonds is 4. The predicted octanol–water partition coefficient (Wildman–Crippen LogP) is 2.23. The van der Waals surface area contributed by atoms with Crippen LogP contribution in [0, 0.1) is 6.92 Å². The second-order valence-electron chi connectivity index (χ2n) is 4.96. The maximum atomic E-state index is 12.4. The van der Waals surface area contributed by atoms with Crippen LogP contribution >= 0.6 is 0 Å². The molecule has 2 aromatic carbocycles. The Labute approximate surface area is 132 Å². The molecule has 0 spiro atoms. The molecule has 0 fully saturated rings. The molecule has 1 aromatic heterocycles. The van der Waals surface area contributed by atoms with E-state index in [1.165, 1.54) is 11.0 Å². The molecule has 3 aromatic rings. The molecule has 23 heavy (non-hydrogen) atoms. The van der Waals surface area contributed by atoms with E-state index in [2.05, 4.69) is 20.8 Å². The Balaban J connectivity index is 1.80. The monoisotopic (exact) mass is 309 g/mol. The van der Waals surface area contributed by atoms with Crippen molar-refractivity contribution in [3.8, 4) is 11.4 Å². The SMILES string of the molecule is COc1ccc(C)cc1NC(=O)c1ccc(-n2cnnn2)cc1. The highest BCUT2D eigenvalue weighted by molar-refractivity contribution is 6.05. The Morgan fingerprint density at radius 1 is 1.17 bits per heavy atom. The minimum absolute atomic E-state index is 0.211. The smallest absolute Gasteiger partial charge is 0.255 e. The van der Waals surface area contributed by atoms with Gasteiger partial charge in [0.05, 0.1) is 18.5 Å². The quantitative estimate of drug-likeness (QED) is 0.799. The Bertz CT molecular complexity index is 813. The molecule has 7 nitrogen and oxygen atoms in total. The molecule has 0 atom stereocenters. The van der Waals surface area contributed by atoms with E-state index in [1.54, 1.807) is 31.4 Å². The van der Waals surface area contributed by atoms with Crippen molar-refractivity contribution in [2.75, 3.05) is 12.4 Å². The van der Waals surface area contributed by atoms with Crippen molar-refractivity contribution in [3.05, 3.63) is 59.9 Å². The zero-order valence-corrected chi connectivity index (χ0v) is 12.7. The van der Waals surface area contributed by atoms with E-state index in [9.17, 15) is 4.79 Å². The molecule has 1 heterocycles. The normalized spacial score (nSPS) is 10.3. The molecule has 0 saturated heterocycles. The highest BCUT2D eigenvalue weighted by Crippen LogP contribution is 2.25. The summed E-state index contributed by atoms with van der Waals surface area (Å²) in [4.78, 5) is 12.4. The van der Waals surface area contributed by atoms with Gasteiger partial charge in [-0.2, -0.15) is 0 Å². The number of carbonyl (C=O) groups is 1. The molecule has 7 heteroatoms. The van der Waals surface area contributed by atoms with Crippen molar-refractivity contribution in [1.82, 2.24) is 20.2 Å². The summed E-state index contributed by atoms with van der Waals surface area (Å²) in [5.74, 6) is 0.409. The van der Waals surface area contributed by atoms with Crippen molar-refractivity contribution in [2.45, 2.75) is 6.92 Å². The first-order chi connectivity index (χ1) is 11.2. The molecule has 0 radical (unpaired) electrons. The standard InChI is InChI=1S/C16H15N5O2/c1-11-3-8-15(23-2)14(9-11)18-16(22)12-4-6-13(7-5-12)21-10-17-19-20-21/h3-10H,1-2H3,(H,18,22). The number of hydrogen-bond donors (Lipinski definition) is 1. The summed E-state index contributed by atoms with van der Waals surface area (Å²) < 4.78 is 6.78. The van der Waals surface area contributed by atoms with Gasteiger partial charge < -0.3 is 10.1 Å². The molecule has 0 saturated carbocycles. The fourth-order valence-electron chi connectivity index (χ4n) is 2.16. The van der Waals surface area contributed by atoms with Crippen LogP contribution in [0.2, 0.25) is 0 Å². The van der Waals surface area contributed by atoms with Crippen LogP contribution in [-0.4, -0.2) is 33.2 Å². The molecule has 1 amide bonds. The Morgan fingerprint density at radius 3 is 2.61 bits per heavy atom. The van der Waals surface area contributed by atoms with Crippen LogP contribution in [0.1, 0.15) is 15.9 Å². The maximum Gasteiger partial charge on any atom is 0.255 e. The van der Waals surface area contributed by atoms with Crippen LogP contribution in [-0.2, 0) is 0 Å². The third-order valence-corrected chi connectivity index (χ3v) is 3.35. The van der Waals surface area contributed by atoms with Crippen LogP contribution in [0.3, 0.4) is 0 Å². The lowest BCUT2D eigenvalue weighted by molar-refractivity contribution is 0.102. The zero-order valence-electron chi connectivity index (χ0n) is 12.7. The van der Waals surface area contributed by atoms with Gasteiger partial charge in [-0.1, -0.05) is 6.07 Å². The predicted molar refractivity (Wildman–Crippen MR) is 84.8 cm³/mol. The van der Waals surface area contributed by atoms with Crippen molar-refractivity contribution >= 4 is 11.6 Å². The van der Waals surface area contributed by atoms with Crippen LogP contribution in [0.15, 0.2) is 48.8 Å². The van der Waals surface area contributed by atoms with E-state index in [0.717, 1.165) is 11.3 Å². The number of carbonyl (C=O) groups excluding carboxylic acids is 1. The molecule has 0 aliphatic carbocycles. The fourth-order valence-corrected chi connectivity index (χ4v) is 2.16. The summed E-state index contributed by atoms with van der Waals surface area (Å²) in [5.41, 5.74) is 2.99. The number of aryl methyl sites for hydroxylation is 1. The van der Waals surface area contributed by atoms with E-state index < -0.39 is 0 Å². The minimum atomic E-state index is -0.211. The van der Waals surface area contributed by atoms with Gasteiger partial charge in [-0.3, -0.25) is 4.79 Å². The summed E-state index contributed by atoms with van der Waals surface area (Å²) in [5, 5.41) is 13.8. The van der Waals surface area contributed by atoms with E-state index in [0.29, 0.717) is 17.0 Å². The first-order valence-corrected chi connectivity index (χ1v) is 6.97. The van der Waals surface area contributed by atoms with Gasteiger partial charge in [0.25, 0.3) is 5.91 Å². The molecule has 116 valence electrons. The summed E-state index contributed by atoms with van der Waals surface area (Å²) in [7, 11) is 1.57. The molecule has 3 rings (SSSR count). The minimum Gasteiger partial charge on any atom is -0.495 e. The van der Waals surface area contributed by atoms with E-state index in [4.69, 9.17) is 4.74 Å². The van der Waals surface area contributed by atoms with Crippen LogP contribution < -0.4 is 10.1 Å². The van der Waals surface area contributed by atoms with E-state index >= 15 is 0 Å². The number of anilines is 1. The Morgan fingerprint density at radius 2 is 1.96 bits per heavy atom. The van der Waals surface area contributed by atoms with Crippen LogP contribution in [0.5, 0.6) is 5.75 Å². The number of aromatic nitrogens is 4. The fraction of sp³-hybridized carbons (Fsp3) is 0.125. The lowest BCUT2D eigenvalue weighted by atomic mass is 10.1. The van der Waals surface area contributed by atoms with Gasteiger partial charge in [-0.25, -0.2) is 4.68 Å². The molecule has 0 aliphatic rings. The number of amides is 1. The van der Waals surface area contributed by atoms with Gasteiger partial charge in [-0.15, -0.1) is 5.10 Å². The third kappa shape index (κ3) is 3.18. The van der Waals surface area contributed by atoms with Gasteiger partial charge in [0.2, 0.25) is 0 Å². The topological polar surface area (TPSA) is 81.9 Å². The molecule has 0 bridgehead atoms. The third-order valence-electron chi connectivity index (χ3n) is 3.35. The van der Waals surface area contributed by atoms with Gasteiger partial charge >= 0.3 is 0 Å². The first kappa shape index (κ1) is 14.7. The molecular formula is C16H15N5O2. The summed E-state index contributed by atoms with van der Waals surface area (Å²) in [6.45, 7) is 1.95. The van der Waals surface area contributed by atoms with Crippen LogP contribution in [0.4, 0.5) is 5.69 Å². The van der Waals surface area contributed by atoms with E-state index in [-0.39, 0.29) is 5.91 Å². The average molecular weight is 309 g/mol. The number of tetrazole rings is 1. The molecule has 0 unspecified atom stereocenters. The number of benzene rings is 2. The number of hydrogen-bond acceptors (Lipinski definition) is 5. The van der Waals surface area contributed by atoms with Gasteiger partial charge in [-0.05, 0) is 59.3 Å². The Hall–Kier alpha value is -3.22. The second kappa shape index (κ2) is 6.27. The maximum absolute atomic E-state index is 12.4. The van der Waals surface area contributed by atoms with E-state index in [1.807, 2.05) is 25.1 Å². The summed E-state index contributed by atoms with van der Waals surface area (Å²) >= 11 is 0. The van der Waals surface area contributed by atoms with Gasteiger partial charge in [0, 0.05) is 5.56 Å². The average Bonchev–Trinajstić information content (AvgIpc) is 3.10. The number of ether oxygens (including phenoxy) is 1. The largest absolute Gasteiger partial charge is 0.495 e. The molecule has 1 N–H and O–H groups in total. The van der Waals surface area contributed by atoms with Gasteiger partial charge in [0.1, 0.15) is 12.1 Å². The number of nitrogens with one attached hydrogen (secondary N) is 1. The van der Waals surface area contributed by atoms with Gasteiger partial charge in [0.15, 0.2) is 0 Å². The summed E-state index contributed by atoms with van der Waals surface area (Å²) in [6, 6.07) is 12.6. The first-order valence-electron chi connectivity index (χ1n) is 6.97. The van der Waals surface area contributed by atoms with Crippen molar-refractivity contribution in [1.29, 1.82) is 0 Å². The number of nitrogens with zero attached hydrogens (tertiary/aromatic N) is 4. The lowest BCUT2D eigenvalue weighted by Gasteiger charge is -2.11. The van der Waals surface area contributed by atoms with Crippen molar-refractivity contribution in [2.24, 2.45) is 0 Å². The lowest BCUT2D eigenvalue weighted by Crippen LogP contribution is -2.13. The highest BCUT2D eigenvalue weighted by atomic mass is 16.5. The molecular weight excluding hydrogens is 294 g/mol. The number of methoxy groups -OCH3 is 1.